The maximum atomic E-state index is 12.3. The lowest BCUT2D eigenvalue weighted by molar-refractivity contribution is 0.256. The highest BCUT2D eigenvalue weighted by atomic mass is 79.9. The highest BCUT2D eigenvalue weighted by molar-refractivity contribution is 9.11. The second kappa shape index (κ2) is 7.21. The SMILES string of the molecule is O=S(=O)(N[C@H](CO)Cc1ccccc1)c1cc(Cl)c(Br)s1. The summed E-state index contributed by atoms with van der Waals surface area (Å²) in [6.45, 7) is -0.283. The fourth-order valence-corrected chi connectivity index (χ4v) is 5.42. The Morgan fingerprint density at radius 3 is 2.52 bits per heavy atom. The molecule has 4 nitrogen and oxygen atoms in total. The molecule has 0 saturated heterocycles. The van der Waals surface area contributed by atoms with Crippen LogP contribution in [0.25, 0.3) is 0 Å². The number of thiophene rings is 1. The highest BCUT2D eigenvalue weighted by Gasteiger charge is 2.23. The maximum Gasteiger partial charge on any atom is 0.250 e. The van der Waals surface area contributed by atoms with Gasteiger partial charge in [-0.15, -0.1) is 11.3 Å². The van der Waals surface area contributed by atoms with Crippen molar-refractivity contribution in [2.45, 2.75) is 16.7 Å². The van der Waals surface area contributed by atoms with Gasteiger partial charge in [-0.2, -0.15) is 0 Å². The van der Waals surface area contributed by atoms with Gasteiger partial charge in [0.2, 0.25) is 10.0 Å². The van der Waals surface area contributed by atoms with E-state index in [1.807, 2.05) is 30.3 Å². The molecule has 1 aromatic carbocycles. The van der Waals surface area contributed by atoms with Gasteiger partial charge in [0, 0.05) is 6.04 Å². The first-order valence-electron chi connectivity index (χ1n) is 6.04. The van der Waals surface area contributed by atoms with Crippen LogP contribution in [-0.4, -0.2) is 26.2 Å². The second-order valence-corrected chi connectivity index (χ2v) is 9.10. The number of benzene rings is 1. The van der Waals surface area contributed by atoms with E-state index < -0.39 is 16.1 Å². The van der Waals surface area contributed by atoms with Crippen LogP contribution in [0.5, 0.6) is 0 Å². The van der Waals surface area contributed by atoms with Gasteiger partial charge in [0.15, 0.2) is 0 Å². The molecule has 2 rings (SSSR count). The van der Waals surface area contributed by atoms with E-state index in [1.165, 1.54) is 6.07 Å². The molecule has 21 heavy (non-hydrogen) atoms. The van der Waals surface area contributed by atoms with E-state index in [2.05, 4.69) is 20.7 Å². The summed E-state index contributed by atoms with van der Waals surface area (Å²) < 4.78 is 27.7. The van der Waals surface area contributed by atoms with E-state index >= 15 is 0 Å². The molecule has 0 aliphatic rings. The molecule has 0 unspecified atom stereocenters. The number of halogens is 2. The minimum absolute atomic E-state index is 0.117. The third-order valence-electron chi connectivity index (χ3n) is 2.75. The highest BCUT2D eigenvalue weighted by Crippen LogP contribution is 2.34. The fourth-order valence-electron chi connectivity index (χ4n) is 1.78. The van der Waals surface area contributed by atoms with Gasteiger partial charge < -0.3 is 5.11 Å². The molecule has 1 atom stereocenters. The third kappa shape index (κ3) is 4.51. The van der Waals surface area contributed by atoms with Crippen LogP contribution in [0.1, 0.15) is 5.56 Å². The Morgan fingerprint density at radius 2 is 2.00 bits per heavy atom. The Morgan fingerprint density at radius 1 is 1.33 bits per heavy atom. The molecule has 2 aromatic rings. The van der Waals surface area contributed by atoms with Gasteiger partial charge in [-0.1, -0.05) is 41.9 Å². The number of aliphatic hydroxyl groups is 1. The summed E-state index contributed by atoms with van der Waals surface area (Å²) in [6.07, 6.45) is 0.414. The predicted molar refractivity (Wildman–Crippen MR) is 88.4 cm³/mol. The van der Waals surface area contributed by atoms with Gasteiger partial charge in [-0.25, -0.2) is 13.1 Å². The molecule has 8 heteroatoms. The Hall–Kier alpha value is -0.440. The van der Waals surface area contributed by atoms with Crippen molar-refractivity contribution >= 4 is 48.9 Å². The molecule has 0 spiro atoms. The van der Waals surface area contributed by atoms with Crippen molar-refractivity contribution in [1.82, 2.24) is 4.72 Å². The summed E-state index contributed by atoms with van der Waals surface area (Å²) in [5, 5.41) is 9.75. The quantitative estimate of drug-likeness (QED) is 0.769. The lowest BCUT2D eigenvalue weighted by Gasteiger charge is -2.15. The zero-order chi connectivity index (χ0) is 15.5. The number of hydrogen-bond donors (Lipinski definition) is 2. The van der Waals surface area contributed by atoms with Crippen molar-refractivity contribution in [3.63, 3.8) is 0 Å². The average Bonchev–Trinajstić information content (AvgIpc) is 2.80. The Bertz CT molecular complexity index is 684. The molecule has 0 aliphatic heterocycles. The molecule has 2 N–H and O–H groups in total. The van der Waals surface area contributed by atoms with E-state index in [0.717, 1.165) is 16.9 Å². The molecule has 0 amide bonds. The summed E-state index contributed by atoms with van der Waals surface area (Å²) in [5.41, 5.74) is 0.949. The zero-order valence-corrected chi connectivity index (χ0v) is 14.8. The summed E-state index contributed by atoms with van der Waals surface area (Å²) in [5.74, 6) is 0. The molecular formula is C13H13BrClNO3S2. The van der Waals surface area contributed by atoms with Gasteiger partial charge >= 0.3 is 0 Å². The Kier molecular flexibility index (Phi) is 5.81. The minimum Gasteiger partial charge on any atom is -0.395 e. The van der Waals surface area contributed by atoms with Gasteiger partial charge in [0.25, 0.3) is 0 Å². The van der Waals surface area contributed by atoms with Crippen molar-refractivity contribution in [3.8, 4) is 0 Å². The summed E-state index contributed by atoms with van der Waals surface area (Å²) in [6, 6.07) is 10.2. The Labute approximate surface area is 140 Å². The van der Waals surface area contributed by atoms with E-state index in [4.69, 9.17) is 11.6 Å². The molecular weight excluding hydrogens is 398 g/mol. The summed E-state index contributed by atoms with van der Waals surface area (Å²) >= 11 is 10.1. The lowest BCUT2D eigenvalue weighted by Crippen LogP contribution is -2.38. The molecule has 0 saturated carbocycles. The van der Waals surface area contributed by atoms with Crippen LogP contribution in [0.2, 0.25) is 5.02 Å². The number of hydrogen-bond acceptors (Lipinski definition) is 4. The van der Waals surface area contributed by atoms with Crippen molar-refractivity contribution in [3.05, 3.63) is 50.8 Å². The molecule has 1 heterocycles. The standard InChI is InChI=1S/C13H13BrClNO3S2/c14-13-11(15)7-12(20-13)21(18,19)16-10(8-17)6-9-4-2-1-3-5-9/h1-5,7,10,16-17H,6,8H2/t10-/m0/s1. The normalized spacial score (nSPS) is 13.3. The first-order valence-corrected chi connectivity index (χ1v) is 9.51. The molecule has 0 aliphatic carbocycles. The lowest BCUT2D eigenvalue weighted by atomic mass is 10.1. The van der Waals surface area contributed by atoms with E-state index in [1.54, 1.807) is 0 Å². The molecule has 0 fully saturated rings. The van der Waals surface area contributed by atoms with Crippen LogP contribution in [-0.2, 0) is 16.4 Å². The Balaban J connectivity index is 2.14. The summed E-state index contributed by atoms with van der Waals surface area (Å²) in [7, 11) is -3.70. The van der Waals surface area contributed by atoms with Crippen LogP contribution in [0.4, 0.5) is 0 Å². The van der Waals surface area contributed by atoms with Crippen LogP contribution in [0.3, 0.4) is 0 Å². The first kappa shape index (κ1) is 16.9. The average molecular weight is 411 g/mol. The van der Waals surface area contributed by atoms with Gasteiger partial charge in [0.1, 0.15) is 4.21 Å². The number of rotatable bonds is 6. The molecule has 0 bridgehead atoms. The fraction of sp³-hybridized carbons (Fsp3) is 0.231. The van der Waals surface area contributed by atoms with Gasteiger partial charge in [-0.05, 0) is 34.0 Å². The van der Waals surface area contributed by atoms with Crippen LogP contribution in [0, 0.1) is 0 Å². The van der Waals surface area contributed by atoms with Crippen LogP contribution >= 0.6 is 38.9 Å². The maximum absolute atomic E-state index is 12.3. The monoisotopic (exact) mass is 409 g/mol. The second-order valence-electron chi connectivity index (χ2n) is 4.38. The van der Waals surface area contributed by atoms with Crippen molar-refractivity contribution in [1.29, 1.82) is 0 Å². The van der Waals surface area contributed by atoms with Gasteiger partial charge in [-0.3, -0.25) is 0 Å². The smallest absolute Gasteiger partial charge is 0.250 e. The van der Waals surface area contributed by atoms with E-state index in [0.29, 0.717) is 15.2 Å². The van der Waals surface area contributed by atoms with Gasteiger partial charge in [0.05, 0.1) is 15.4 Å². The van der Waals surface area contributed by atoms with Crippen molar-refractivity contribution < 1.29 is 13.5 Å². The molecule has 1 aromatic heterocycles. The first-order chi connectivity index (χ1) is 9.92. The van der Waals surface area contributed by atoms with E-state index in [-0.39, 0.29) is 10.8 Å². The number of aliphatic hydroxyl groups excluding tert-OH is 1. The van der Waals surface area contributed by atoms with Crippen LogP contribution in [0.15, 0.2) is 44.4 Å². The third-order valence-corrected chi connectivity index (χ3v) is 7.22. The predicted octanol–water partition coefficient (Wildman–Crippen LogP) is 3.05. The summed E-state index contributed by atoms with van der Waals surface area (Å²) in [4.78, 5) is 0. The van der Waals surface area contributed by atoms with Crippen molar-refractivity contribution in [2.24, 2.45) is 0 Å². The van der Waals surface area contributed by atoms with Crippen LogP contribution < -0.4 is 4.72 Å². The van der Waals surface area contributed by atoms with Crippen molar-refractivity contribution in [2.75, 3.05) is 6.61 Å². The molecule has 0 radical (unpaired) electrons. The largest absolute Gasteiger partial charge is 0.395 e. The zero-order valence-electron chi connectivity index (χ0n) is 10.8. The number of sulfonamides is 1. The minimum atomic E-state index is -3.70. The topological polar surface area (TPSA) is 66.4 Å². The number of nitrogens with one attached hydrogen (secondary N) is 1. The van der Waals surface area contributed by atoms with E-state index in [9.17, 15) is 13.5 Å². The molecule has 114 valence electrons.